The minimum atomic E-state index is -0.108. The van der Waals surface area contributed by atoms with Crippen molar-refractivity contribution in [2.45, 2.75) is 33.8 Å². The molecule has 0 bridgehead atoms. The first-order valence-electron chi connectivity index (χ1n) is 3.90. The van der Waals surface area contributed by atoms with Crippen molar-refractivity contribution in [3.63, 3.8) is 0 Å². The summed E-state index contributed by atoms with van der Waals surface area (Å²) in [6.45, 7) is 8.10. The Balaban J connectivity index is 3.81. The van der Waals surface area contributed by atoms with E-state index in [0.29, 0.717) is 5.92 Å². The summed E-state index contributed by atoms with van der Waals surface area (Å²) in [4.78, 5) is 0. The van der Waals surface area contributed by atoms with Gasteiger partial charge in [-0.2, -0.15) is 0 Å². The van der Waals surface area contributed by atoms with Crippen LogP contribution in [0.4, 0.5) is 0 Å². The van der Waals surface area contributed by atoms with E-state index in [4.69, 9.17) is 10.1 Å². The first-order valence-corrected chi connectivity index (χ1v) is 3.90. The Morgan fingerprint density at radius 2 is 1.91 bits per heavy atom. The minimum absolute atomic E-state index is 0.108. The predicted octanol–water partition coefficient (Wildman–Crippen LogP) is 2.60. The highest BCUT2D eigenvalue weighted by molar-refractivity contribution is 5.58. The molecule has 0 aromatic heterocycles. The van der Waals surface area contributed by atoms with Gasteiger partial charge in [0.25, 0.3) is 0 Å². The quantitative estimate of drug-likeness (QED) is 0.491. The second-order valence-corrected chi connectivity index (χ2v) is 3.02. The van der Waals surface area contributed by atoms with Crippen molar-refractivity contribution in [1.29, 1.82) is 5.41 Å². The molecule has 0 rings (SSSR count). The molecule has 11 heavy (non-hydrogen) atoms. The van der Waals surface area contributed by atoms with Crippen LogP contribution in [0.3, 0.4) is 0 Å². The summed E-state index contributed by atoms with van der Waals surface area (Å²) in [7, 11) is 0. The maximum Gasteiger partial charge on any atom is 0.129 e. The van der Waals surface area contributed by atoms with Gasteiger partial charge in [0, 0.05) is 6.21 Å². The molecule has 0 radical (unpaired) electrons. The summed E-state index contributed by atoms with van der Waals surface area (Å²) in [5, 5.41) is 6.88. The molecule has 2 heteroatoms. The van der Waals surface area contributed by atoms with Crippen molar-refractivity contribution in [3.05, 3.63) is 11.8 Å². The molecule has 0 heterocycles. The molecule has 0 aromatic rings. The molecule has 64 valence electrons. The van der Waals surface area contributed by atoms with E-state index in [9.17, 15) is 0 Å². The third-order valence-corrected chi connectivity index (χ3v) is 1.61. The van der Waals surface area contributed by atoms with E-state index < -0.39 is 0 Å². The largest absolute Gasteiger partial charge is 0.493 e. The highest BCUT2D eigenvalue weighted by Crippen LogP contribution is 2.07. The lowest BCUT2D eigenvalue weighted by atomic mass is 10.1. The molecule has 0 aliphatic rings. The Hall–Kier alpha value is -0.790. The van der Waals surface area contributed by atoms with Crippen molar-refractivity contribution in [1.82, 2.24) is 0 Å². The summed E-state index contributed by atoms with van der Waals surface area (Å²) in [6, 6.07) is 0. The van der Waals surface area contributed by atoms with Crippen LogP contribution in [-0.2, 0) is 4.74 Å². The lowest BCUT2D eigenvalue weighted by molar-refractivity contribution is 0.219. The SMILES string of the molecule is CC(=COC(C)C=N)C(C)C. The number of nitrogens with one attached hydrogen (secondary N) is 1. The zero-order valence-electron chi connectivity index (χ0n) is 7.72. The van der Waals surface area contributed by atoms with Crippen molar-refractivity contribution in [2.24, 2.45) is 5.92 Å². The molecule has 0 saturated heterocycles. The van der Waals surface area contributed by atoms with Crippen molar-refractivity contribution in [3.8, 4) is 0 Å². The average molecular weight is 155 g/mol. The molecule has 1 unspecified atom stereocenters. The second-order valence-electron chi connectivity index (χ2n) is 3.02. The first kappa shape index (κ1) is 10.2. The van der Waals surface area contributed by atoms with Gasteiger partial charge < -0.3 is 10.1 Å². The minimum Gasteiger partial charge on any atom is -0.493 e. The monoisotopic (exact) mass is 155 g/mol. The van der Waals surface area contributed by atoms with Gasteiger partial charge in [-0.3, -0.25) is 0 Å². The Morgan fingerprint density at radius 1 is 1.36 bits per heavy atom. The van der Waals surface area contributed by atoms with Gasteiger partial charge in [0.05, 0.1) is 6.26 Å². The van der Waals surface area contributed by atoms with E-state index in [-0.39, 0.29) is 6.10 Å². The van der Waals surface area contributed by atoms with Crippen LogP contribution in [0.15, 0.2) is 11.8 Å². The average Bonchev–Trinajstić information content (AvgIpc) is 1.99. The van der Waals surface area contributed by atoms with Crippen molar-refractivity contribution < 1.29 is 4.74 Å². The van der Waals surface area contributed by atoms with Crippen LogP contribution < -0.4 is 0 Å². The van der Waals surface area contributed by atoms with Gasteiger partial charge in [-0.1, -0.05) is 13.8 Å². The molecular weight excluding hydrogens is 138 g/mol. The molecule has 1 N–H and O–H groups in total. The van der Waals surface area contributed by atoms with Gasteiger partial charge >= 0.3 is 0 Å². The summed E-state index contributed by atoms with van der Waals surface area (Å²) in [6.07, 6.45) is 2.91. The molecule has 0 spiro atoms. The highest BCUT2D eigenvalue weighted by atomic mass is 16.5. The Kier molecular flexibility index (Phi) is 4.59. The van der Waals surface area contributed by atoms with Crippen LogP contribution in [0.1, 0.15) is 27.7 Å². The third-order valence-electron chi connectivity index (χ3n) is 1.61. The lowest BCUT2D eigenvalue weighted by Crippen LogP contribution is -2.05. The summed E-state index contributed by atoms with van der Waals surface area (Å²) < 4.78 is 5.21. The fraction of sp³-hybridized carbons (Fsp3) is 0.667. The standard InChI is InChI=1S/C9H17NO/c1-7(2)8(3)6-11-9(4)5-10/h5-7,9-10H,1-4H3. The predicted molar refractivity (Wildman–Crippen MR) is 47.9 cm³/mol. The third kappa shape index (κ3) is 4.59. The number of hydrogen-bond donors (Lipinski definition) is 1. The number of rotatable bonds is 4. The summed E-state index contributed by atoms with van der Waals surface area (Å²) in [5.74, 6) is 0.521. The maximum atomic E-state index is 6.88. The fourth-order valence-electron chi connectivity index (χ4n) is 0.390. The Bertz CT molecular complexity index is 150. The van der Waals surface area contributed by atoms with Crippen LogP contribution in [-0.4, -0.2) is 12.3 Å². The zero-order valence-corrected chi connectivity index (χ0v) is 7.72. The van der Waals surface area contributed by atoms with Gasteiger partial charge in [0.1, 0.15) is 6.10 Å². The molecular formula is C9H17NO. The van der Waals surface area contributed by atoms with E-state index in [1.807, 2.05) is 13.8 Å². The topological polar surface area (TPSA) is 33.1 Å². The maximum absolute atomic E-state index is 6.88. The van der Waals surface area contributed by atoms with Gasteiger partial charge in [-0.05, 0) is 25.3 Å². The van der Waals surface area contributed by atoms with Crippen LogP contribution in [0.2, 0.25) is 0 Å². The van der Waals surface area contributed by atoms with Crippen LogP contribution in [0.25, 0.3) is 0 Å². The first-order chi connectivity index (χ1) is 5.07. The van der Waals surface area contributed by atoms with Gasteiger partial charge in [0.15, 0.2) is 0 Å². The lowest BCUT2D eigenvalue weighted by Gasteiger charge is -2.08. The number of ether oxygens (including phenoxy) is 1. The van der Waals surface area contributed by atoms with Crippen LogP contribution >= 0.6 is 0 Å². The van der Waals surface area contributed by atoms with E-state index in [1.54, 1.807) is 6.26 Å². The fourth-order valence-corrected chi connectivity index (χ4v) is 0.390. The Morgan fingerprint density at radius 3 is 2.27 bits per heavy atom. The van der Waals surface area contributed by atoms with Crippen LogP contribution in [0, 0.1) is 11.3 Å². The van der Waals surface area contributed by atoms with Crippen molar-refractivity contribution in [2.75, 3.05) is 0 Å². The molecule has 0 aliphatic heterocycles. The smallest absolute Gasteiger partial charge is 0.129 e. The number of allylic oxidation sites excluding steroid dienone is 1. The molecule has 0 saturated carbocycles. The zero-order chi connectivity index (χ0) is 8.85. The van der Waals surface area contributed by atoms with E-state index in [0.717, 1.165) is 0 Å². The summed E-state index contributed by atoms with van der Waals surface area (Å²) >= 11 is 0. The van der Waals surface area contributed by atoms with Crippen molar-refractivity contribution >= 4 is 6.21 Å². The highest BCUT2D eigenvalue weighted by Gasteiger charge is 1.97. The van der Waals surface area contributed by atoms with E-state index >= 15 is 0 Å². The Labute approximate surface area is 68.8 Å². The van der Waals surface area contributed by atoms with E-state index in [1.165, 1.54) is 11.8 Å². The van der Waals surface area contributed by atoms with E-state index in [2.05, 4.69) is 13.8 Å². The van der Waals surface area contributed by atoms with Gasteiger partial charge in [0.2, 0.25) is 0 Å². The molecule has 0 amide bonds. The molecule has 0 aliphatic carbocycles. The molecule has 0 aromatic carbocycles. The second kappa shape index (κ2) is 4.94. The summed E-state index contributed by atoms with van der Waals surface area (Å²) in [5.41, 5.74) is 1.21. The molecule has 0 fully saturated rings. The van der Waals surface area contributed by atoms with Crippen LogP contribution in [0.5, 0.6) is 0 Å². The normalized spacial score (nSPS) is 14.8. The number of hydrogen-bond acceptors (Lipinski definition) is 2. The molecule has 1 atom stereocenters. The van der Waals surface area contributed by atoms with Gasteiger partial charge in [-0.15, -0.1) is 0 Å². The van der Waals surface area contributed by atoms with Gasteiger partial charge in [-0.25, -0.2) is 0 Å². The molecule has 2 nitrogen and oxygen atoms in total.